The van der Waals surface area contributed by atoms with Crippen LogP contribution in [0.25, 0.3) is 33.2 Å². The van der Waals surface area contributed by atoms with E-state index in [4.69, 9.17) is 9.40 Å². The zero-order chi connectivity index (χ0) is 18.9. The number of aromatic nitrogens is 1. The maximum absolute atomic E-state index is 6.28. The Hall–Kier alpha value is -2.61. The third-order valence-corrected chi connectivity index (χ3v) is 8.08. The first kappa shape index (κ1) is 16.2. The van der Waals surface area contributed by atoms with Gasteiger partial charge < -0.3 is 4.42 Å². The molecule has 2 aromatic heterocycles. The summed E-state index contributed by atoms with van der Waals surface area (Å²) in [5, 5.41) is 2.36. The predicted molar refractivity (Wildman–Crippen MR) is 117 cm³/mol. The van der Waals surface area contributed by atoms with Crippen LogP contribution in [0.4, 0.5) is 0 Å². The number of hydrogen-bond acceptors (Lipinski definition) is 2. The Labute approximate surface area is 170 Å². The van der Waals surface area contributed by atoms with Gasteiger partial charge in [-0.15, -0.1) is 0 Å². The Kier molecular flexibility index (Phi) is 3.33. The van der Waals surface area contributed by atoms with Gasteiger partial charge in [-0.25, -0.2) is 0 Å². The van der Waals surface area contributed by atoms with Crippen molar-refractivity contribution < 1.29 is 4.42 Å². The summed E-state index contributed by atoms with van der Waals surface area (Å²) in [6, 6.07) is 19.4. The molecule has 4 fully saturated rings. The molecule has 2 heterocycles. The first-order valence-electron chi connectivity index (χ1n) is 11.2. The highest BCUT2D eigenvalue weighted by atomic mass is 16.3. The molecule has 0 saturated heterocycles. The van der Waals surface area contributed by atoms with Crippen LogP contribution in [0.5, 0.6) is 0 Å². The summed E-state index contributed by atoms with van der Waals surface area (Å²) in [6.07, 6.45) is 9.35. The maximum Gasteiger partial charge on any atom is 0.144 e. The molecule has 2 aromatic carbocycles. The van der Waals surface area contributed by atoms with E-state index in [9.17, 15) is 0 Å². The summed E-state index contributed by atoms with van der Waals surface area (Å²) in [5.74, 6) is 4.55. The van der Waals surface area contributed by atoms with Crippen molar-refractivity contribution >= 4 is 21.9 Å². The second-order valence-electron chi connectivity index (χ2n) is 9.71. The van der Waals surface area contributed by atoms with Crippen molar-refractivity contribution in [3.8, 4) is 11.3 Å². The van der Waals surface area contributed by atoms with E-state index in [1.165, 1.54) is 48.4 Å². The lowest BCUT2D eigenvalue weighted by molar-refractivity contribution is -0.00278. The Morgan fingerprint density at radius 2 is 1.52 bits per heavy atom. The van der Waals surface area contributed by atoms with Gasteiger partial charge in [0.05, 0.1) is 5.69 Å². The summed E-state index contributed by atoms with van der Waals surface area (Å²) >= 11 is 0. The largest absolute Gasteiger partial charge is 0.455 e. The lowest BCUT2D eigenvalue weighted by Gasteiger charge is -2.54. The van der Waals surface area contributed by atoms with Crippen LogP contribution in [0.15, 0.2) is 65.2 Å². The molecule has 0 aliphatic heterocycles. The van der Waals surface area contributed by atoms with E-state index in [1.807, 2.05) is 12.3 Å². The molecule has 0 spiro atoms. The molecule has 0 unspecified atom stereocenters. The fourth-order valence-corrected chi connectivity index (χ4v) is 7.22. The first-order valence-corrected chi connectivity index (χ1v) is 11.2. The van der Waals surface area contributed by atoms with E-state index in [1.54, 1.807) is 0 Å². The van der Waals surface area contributed by atoms with E-state index < -0.39 is 0 Å². The van der Waals surface area contributed by atoms with Crippen molar-refractivity contribution in [2.24, 2.45) is 23.7 Å². The Morgan fingerprint density at radius 1 is 0.759 bits per heavy atom. The van der Waals surface area contributed by atoms with E-state index in [2.05, 4.69) is 48.5 Å². The Balaban J connectivity index is 1.35. The van der Waals surface area contributed by atoms with Gasteiger partial charge in [0.15, 0.2) is 0 Å². The standard InChI is InChI=1S/C27H25NO/c1-2-7-25-21(4-1)22-5-3-6-23(27(22)29-25)24-15-18(8-9-28-24)26-19-11-16-10-17(13-19)14-20(26)12-16/h1-9,15-17,19-20,26H,10-14H2. The number of benzene rings is 2. The van der Waals surface area contributed by atoms with Gasteiger partial charge in [0.1, 0.15) is 11.2 Å². The molecule has 2 nitrogen and oxygen atoms in total. The zero-order valence-corrected chi connectivity index (χ0v) is 16.6. The smallest absolute Gasteiger partial charge is 0.144 e. The number of para-hydroxylation sites is 2. The minimum absolute atomic E-state index is 0.736. The number of hydrogen-bond donors (Lipinski definition) is 0. The van der Waals surface area contributed by atoms with E-state index in [-0.39, 0.29) is 0 Å². The van der Waals surface area contributed by atoms with Gasteiger partial charge in [-0.05, 0) is 91.5 Å². The van der Waals surface area contributed by atoms with Gasteiger partial charge in [0.2, 0.25) is 0 Å². The molecule has 0 radical (unpaired) electrons. The fourth-order valence-electron chi connectivity index (χ4n) is 7.22. The van der Waals surface area contributed by atoms with E-state index in [0.717, 1.165) is 52.0 Å². The minimum Gasteiger partial charge on any atom is -0.455 e. The number of rotatable bonds is 2. The lowest BCUT2D eigenvalue weighted by atomic mass is 9.51. The normalized spacial score (nSPS) is 30.4. The van der Waals surface area contributed by atoms with Crippen LogP contribution < -0.4 is 0 Å². The quantitative estimate of drug-likeness (QED) is 0.368. The van der Waals surface area contributed by atoms with Gasteiger partial charge in [-0.2, -0.15) is 0 Å². The fraction of sp³-hybridized carbons (Fsp3) is 0.370. The average molecular weight is 380 g/mol. The molecule has 8 rings (SSSR count). The summed E-state index contributed by atoms with van der Waals surface area (Å²) in [4.78, 5) is 4.78. The SMILES string of the molecule is c1ccc2c(c1)oc1c(-c3cc(C4C5CC6CC(C5)CC4C6)ccn3)cccc12. The Bertz CT molecular complexity index is 1210. The van der Waals surface area contributed by atoms with Crippen molar-refractivity contribution in [2.75, 3.05) is 0 Å². The van der Waals surface area contributed by atoms with Crippen molar-refractivity contribution in [3.63, 3.8) is 0 Å². The number of furan rings is 1. The van der Waals surface area contributed by atoms with Crippen molar-refractivity contribution in [1.82, 2.24) is 4.98 Å². The van der Waals surface area contributed by atoms with Gasteiger partial charge in [-0.1, -0.05) is 30.3 Å². The zero-order valence-electron chi connectivity index (χ0n) is 16.6. The maximum atomic E-state index is 6.28. The molecule has 0 atom stereocenters. The second kappa shape index (κ2) is 5.95. The average Bonchev–Trinajstić information content (AvgIpc) is 3.12. The summed E-state index contributed by atoms with van der Waals surface area (Å²) in [6.45, 7) is 0. The van der Waals surface area contributed by atoms with E-state index in [0.29, 0.717) is 0 Å². The monoisotopic (exact) mass is 379 g/mol. The van der Waals surface area contributed by atoms with Gasteiger partial charge >= 0.3 is 0 Å². The van der Waals surface area contributed by atoms with Crippen LogP contribution in [0.1, 0.15) is 43.6 Å². The number of nitrogens with zero attached hydrogens (tertiary/aromatic N) is 1. The van der Waals surface area contributed by atoms with Crippen LogP contribution in [0.3, 0.4) is 0 Å². The molecule has 0 amide bonds. The number of fused-ring (bicyclic) bond motifs is 3. The molecular weight excluding hydrogens is 354 g/mol. The predicted octanol–water partition coefficient (Wildman–Crippen LogP) is 7.19. The summed E-state index contributed by atoms with van der Waals surface area (Å²) < 4.78 is 6.28. The molecule has 29 heavy (non-hydrogen) atoms. The van der Waals surface area contributed by atoms with E-state index >= 15 is 0 Å². The van der Waals surface area contributed by atoms with Gasteiger partial charge in [0, 0.05) is 22.5 Å². The number of pyridine rings is 1. The molecule has 4 aromatic rings. The first-order chi connectivity index (χ1) is 14.3. The molecule has 144 valence electrons. The molecule has 2 heteroatoms. The van der Waals surface area contributed by atoms with Crippen molar-refractivity contribution in [1.29, 1.82) is 0 Å². The molecule has 4 bridgehead atoms. The second-order valence-corrected chi connectivity index (χ2v) is 9.71. The van der Waals surface area contributed by atoms with Crippen LogP contribution in [0.2, 0.25) is 0 Å². The molecule has 0 N–H and O–H groups in total. The van der Waals surface area contributed by atoms with Crippen molar-refractivity contribution in [3.05, 3.63) is 66.4 Å². The summed E-state index contributed by atoms with van der Waals surface area (Å²) in [5.41, 5.74) is 5.60. The minimum atomic E-state index is 0.736. The molecule has 4 saturated carbocycles. The molecular formula is C27H25NO. The molecule has 4 aliphatic rings. The van der Waals surface area contributed by atoms with Crippen LogP contribution in [-0.4, -0.2) is 4.98 Å². The summed E-state index contributed by atoms with van der Waals surface area (Å²) in [7, 11) is 0. The van der Waals surface area contributed by atoms with Gasteiger partial charge in [0.25, 0.3) is 0 Å². The third-order valence-electron chi connectivity index (χ3n) is 8.08. The third kappa shape index (κ3) is 2.38. The highest BCUT2D eigenvalue weighted by molar-refractivity contribution is 6.09. The highest BCUT2D eigenvalue weighted by Crippen LogP contribution is 2.59. The topological polar surface area (TPSA) is 26.0 Å². The van der Waals surface area contributed by atoms with Crippen molar-refractivity contribution in [2.45, 2.75) is 38.0 Å². The van der Waals surface area contributed by atoms with Crippen LogP contribution in [-0.2, 0) is 0 Å². The van der Waals surface area contributed by atoms with Crippen LogP contribution in [0, 0.1) is 23.7 Å². The van der Waals surface area contributed by atoms with Gasteiger partial charge in [-0.3, -0.25) is 4.98 Å². The highest BCUT2D eigenvalue weighted by Gasteiger charge is 2.48. The molecule has 4 aliphatic carbocycles. The van der Waals surface area contributed by atoms with Crippen LogP contribution >= 0.6 is 0 Å². The lowest BCUT2D eigenvalue weighted by Crippen LogP contribution is -2.43. The Morgan fingerprint density at radius 3 is 2.34 bits per heavy atom.